The number of hydrogen-bond acceptors (Lipinski definition) is 5. The molecule has 0 amide bonds. The first kappa shape index (κ1) is 12.4. The highest BCUT2D eigenvalue weighted by atomic mass is 32.1. The molecule has 0 spiro atoms. The van der Waals surface area contributed by atoms with Crippen LogP contribution in [0.2, 0.25) is 0 Å². The second-order valence-electron chi connectivity index (χ2n) is 3.90. The number of nitrogens with one attached hydrogen (secondary N) is 1. The molecule has 0 aliphatic rings. The molecule has 0 saturated carbocycles. The van der Waals surface area contributed by atoms with Crippen LogP contribution in [0.15, 0.2) is 23.0 Å². The molecule has 0 aromatic carbocycles. The lowest BCUT2D eigenvalue weighted by Gasteiger charge is -2.08. The minimum absolute atomic E-state index is 0.0860. The number of thiophene rings is 1. The third kappa shape index (κ3) is 2.60. The van der Waals surface area contributed by atoms with E-state index in [4.69, 9.17) is 10.8 Å². The van der Waals surface area contributed by atoms with Gasteiger partial charge in [-0.05, 0) is 34.9 Å². The average molecular weight is 263 g/mol. The zero-order valence-corrected chi connectivity index (χ0v) is 10.6. The van der Waals surface area contributed by atoms with E-state index in [2.05, 4.69) is 10.3 Å². The number of aromatic carboxylic acids is 1. The fourth-order valence-electron chi connectivity index (χ4n) is 1.53. The maximum atomic E-state index is 11.1. The fraction of sp³-hybridized carbons (Fsp3) is 0.167. The first-order chi connectivity index (χ1) is 8.58. The Morgan fingerprint density at radius 1 is 1.56 bits per heavy atom. The maximum Gasteiger partial charge on any atom is 0.339 e. The molecule has 0 aliphatic heterocycles. The van der Waals surface area contributed by atoms with Crippen molar-refractivity contribution in [2.45, 2.75) is 13.5 Å². The summed E-state index contributed by atoms with van der Waals surface area (Å²) in [6.07, 6.45) is 1.44. The Balaban J connectivity index is 2.19. The smallest absolute Gasteiger partial charge is 0.339 e. The number of anilines is 2. The van der Waals surface area contributed by atoms with E-state index in [1.165, 1.54) is 17.8 Å². The lowest BCUT2D eigenvalue weighted by Crippen LogP contribution is -2.09. The second-order valence-corrected chi connectivity index (χ2v) is 4.65. The van der Waals surface area contributed by atoms with Crippen molar-refractivity contribution in [2.24, 2.45) is 0 Å². The number of pyridine rings is 1. The predicted octanol–water partition coefficient (Wildman–Crippen LogP) is 2.34. The molecule has 0 saturated heterocycles. The standard InChI is InChI=1S/C12H13N3O2S/c1-7-5-18-6-8(7)3-14-11-10(12(16)17)2-9(13)4-15-11/h2,4-6H,3,13H2,1H3,(H,14,15)(H,16,17). The maximum absolute atomic E-state index is 11.1. The highest BCUT2D eigenvalue weighted by Gasteiger charge is 2.12. The largest absolute Gasteiger partial charge is 0.478 e. The van der Waals surface area contributed by atoms with Crippen LogP contribution < -0.4 is 11.1 Å². The third-order valence-corrected chi connectivity index (χ3v) is 3.46. The number of carboxylic acids is 1. The van der Waals surface area contributed by atoms with E-state index in [0.29, 0.717) is 18.1 Å². The van der Waals surface area contributed by atoms with Crippen molar-refractivity contribution in [1.82, 2.24) is 4.98 Å². The summed E-state index contributed by atoms with van der Waals surface area (Å²) in [6, 6.07) is 1.40. The van der Waals surface area contributed by atoms with Crippen molar-refractivity contribution < 1.29 is 9.90 Å². The first-order valence-corrected chi connectivity index (χ1v) is 6.26. The van der Waals surface area contributed by atoms with Gasteiger partial charge in [-0.1, -0.05) is 0 Å². The van der Waals surface area contributed by atoms with Gasteiger partial charge in [0.15, 0.2) is 0 Å². The Hall–Kier alpha value is -2.08. The quantitative estimate of drug-likeness (QED) is 0.788. The Bertz CT molecular complexity index is 580. The van der Waals surface area contributed by atoms with Crippen LogP contribution in [-0.2, 0) is 6.54 Å². The Labute approximate surface area is 108 Å². The number of aromatic nitrogens is 1. The molecule has 4 N–H and O–H groups in total. The number of carboxylic acid groups (broad SMARTS) is 1. The van der Waals surface area contributed by atoms with E-state index in [-0.39, 0.29) is 5.56 Å². The van der Waals surface area contributed by atoms with Gasteiger partial charge in [0.1, 0.15) is 11.4 Å². The summed E-state index contributed by atoms with van der Waals surface area (Å²) in [7, 11) is 0. The molecule has 2 heterocycles. The number of carbonyl (C=O) groups is 1. The lowest BCUT2D eigenvalue weighted by atomic mass is 10.2. The number of aryl methyl sites for hydroxylation is 1. The van der Waals surface area contributed by atoms with Gasteiger partial charge in [0.2, 0.25) is 0 Å². The molecule has 0 radical (unpaired) electrons. The fourth-order valence-corrected chi connectivity index (χ4v) is 2.39. The van der Waals surface area contributed by atoms with Crippen molar-refractivity contribution in [1.29, 1.82) is 0 Å². The molecule has 0 atom stereocenters. The average Bonchev–Trinajstić information content (AvgIpc) is 2.73. The highest BCUT2D eigenvalue weighted by Crippen LogP contribution is 2.19. The van der Waals surface area contributed by atoms with Gasteiger partial charge in [0, 0.05) is 6.54 Å². The van der Waals surface area contributed by atoms with Gasteiger partial charge in [-0.15, -0.1) is 0 Å². The van der Waals surface area contributed by atoms with E-state index < -0.39 is 5.97 Å². The number of nitrogens with two attached hydrogens (primary N) is 1. The first-order valence-electron chi connectivity index (χ1n) is 5.32. The summed E-state index contributed by atoms with van der Waals surface area (Å²) in [6.45, 7) is 2.56. The van der Waals surface area contributed by atoms with E-state index in [1.54, 1.807) is 11.3 Å². The predicted molar refractivity (Wildman–Crippen MR) is 72.0 cm³/mol. The van der Waals surface area contributed by atoms with Gasteiger partial charge in [0.05, 0.1) is 11.9 Å². The normalized spacial score (nSPS) is 10.3. The van der Waals surface area contributed by atoms with Crippen LogP contribution in [0.3, 0.4) is 0 Å². The van der Waals surface area contributed by atoms with Crippen LogP contribution in [0.1, 0.15) is 21.5 Å². The molecular weight excluding hydrogens is 250 g/mol. The molecule has 6 heteroatoms. The van der Waals surface area contributed by atoms with Crippen molar-refractivity contribution in [3.05, 3.63) is 39.7 Å². The molecule has 0 aliphatic carbocycles. The van der Waals surface area contributed by atoms with Gasteiger partial charge in [0.25, 0.3) is 0 Å². The zero-order chi connectivity index (χ0) is 13.1. The van der Waals surface area contributed by atoms with Crippen molar-refractivity contribution >= 4 is 28.8 Å². The van der Waals surface area contributed by atoms with Crippen molar-refractivity contribution in [3.63, 3.8) is 0 Å². The molecule has 2 aromatic rings. The SMILES string of the molecule is Cc1cscc1CNc1ncc(N)cc1C(=O)O. The van der Waals surface area contributed by atoms with Gasteiger partial charge in [-0.2, -0.15) is 11.3 Å². The number of nitrogen functional groups attached to an aromatic ring is 1. The topological polar surface area (TPSA) is 88.2 Å². The summed E-state index contributed by atoms with van der Waals surface area (Å²) in [5.41, 5.74) is 8.27. The van der Waals surface area contributed by atoms with E-state index in [0.717, 1.165) is 5.56 Å². The summed E-state index contributed by atoms with van der Waals surface area (Å²) in [5, 5.41) is 16.2. The molecule has 94 valence electrons. The van der Waals surface area contributed by atoms with Crippen LogP contribution in [-0.4, -0.2) is 16.1 Å². The molecule has 0 fully saturated rings. The zero-order valence-electron chi connectivity index (χ0n) is 9.80. The van der Waals surface area contributed by atoms with Gasteiger partial charge in [-0.3, -0.25) is 0 Å². The summed E-state index contributed by atoms with van der Waals surface area (Å²) < 4.78 is 0. The summed E-state index contributed by atoms with van der Waals surface area (Å²) in [4.78, 5) is 15.1. The van der Waals surface area contributed by atoms with Crippen molar-refractivity contribution in [2.75, 3.05) is 11.1 Å². The lowest BCUT2D eigenvalue weighted by molar-refractivity contribution is 0.0697. The van der Waals surface area contributed by atoms with Crippen LogP contribution >= 0.6 is 11.3 Å². The number of hydrogen-bond donors (Lipinski definition) is 3. The molecule has 0 bridgehead atoms. The molecule has 5 nitrogen and oxygen atoms in total. The van der Waals surface area contributed by atoms with Crippen LogP contribution in [0.4, 0.5) is 11.5 Å². The van der Waals surface area contributed by atoms with Crippen molar-refractivity contribution in [3.8, 4) is 0 Å². The molecule has 18 heavy (non-hydrogen) atoms. The highest BCUT2D eigenvalue weighted by molar-refractivity contribution is 7.08. The summed E-state index contributed by atoms with van der Waals surface area (Å²) >= 11 is 1.62. The molecule has 2 rings (SSSR count). The van der Waals surface area contributed by atoms with Crippen LogP contribution in [0.25, 0.3) is 0 Å². The van der Waals surface area contributed by atoms with Gasteiger partial charge in [-0.25, -0.2) is 9.78 Å². The second kappa shape index (κ2) is 5.05. The van der Waals surface area contributed by atoms with Gasteiger partial charge < -0.3 is 16.2 Å². The Kier molecular flexibility index (Phi) is 3.47. The van der Waals surface area contributed by atoms with Crippen LogP contribution in [0, 0.1) is 6.92 Å². The van der Waals surface area contributed by atoms with Gasteiger partial charge >= 0.3 is 5.97 Å². The third-order valence-electron chi connectivity index (χ3n) is 2.55. The Morgan fingerprint density at radius 2 is 2.33 bits per heavy atom. The molecule has 2 aromatic heterocycles. The van der Waals surface area contributed by atoms with E-state index in [9.17, 15) is 4.79 Å². The number of rotatable bonds is 4. The monoisotopic (exact) mass is 263 g/mol. The number of nitrogens with zero attached hydrogens (tertiary/aromatic N) is 1. The van der Waals surface area contributed by atoms with E-state index >= 15 is 0 Å². The molecule has 0 unspecified atom stereocenters. The molecular formula is C12H13N3O2S. The Morgan fingerprint density at radius 3 is 2.94 bits per heavy atom. The van der Waals surface area contributed by atoms with Crippen LogP contribution in [0.5, 0.6) is 0 Å². The minimum Gasteiger partial charge on any atom is -0.478 e. The minimum atomic E-state index is -1.04. The summed E-state index contributed by atoms with van der Waals surface area (Å²) in [5.74, 6) is -0.707. The van der Waals surface area contributed by atoms with E-state index in [1.807, 2.05) is 17.7 Å².